The highest BCUT2D eigenvalue weighted by molar-refractivity contribution is 6.18. The van der Waals surface area contributed by atoms with E-state index < -0.39 is 0 Å². The molecule has 0 saturated carbocycles. The summed E-state index contributed by atoms with van der Waals surface area (Å²) in [6.45, 7) is 0.875. The smallest absolute Gasteiger partial charge is 0.123 e. The summed E-state index contributed by atoms with van der Waals surface area (Å²) in [6, 6.07) is 6.77. The molecule has 0 aliphatic carbocycles. The van der Waals surface area contributed by atoms with Gasteiger partial charge in [0.15, 0.2) is 0 Å². The first-order valence-electron chi connectivity index (χ1n) is 6.20. The van der Waals surface area contributed by atoms with E-state index in [4.69, 9.17) is 16.3 Å². The van der Waals surface area contributed by atoms with Crippen molar-refractivity contribution in [2.45, 2.75) is 31.8 Å². The molecule has 2 rings (SSSR count). The largest absolute Gasteiger partial charge is 0.378 e. The second-order valence-corrected chi connectivity index (χ2v) is 5.03. The zero-order chi connectivity index (χ0) is 12.1. The Bertz CT molecular complexity index is 350. The summed E-state index contributed by atoms with van der Waals surface area (Å²) in [7, 11) is 0. The molecule has 1 aromatic carbocycles. The number of alkyl halides is 1. The van der Waals surface area contributed by atoms with Gasteiger partial charge in [-0.2, -0.15) is 0 Å². The van der Waals surface area contributed by atoms with Gasteiger partial charge in [-0.1, -0.05) is 12.1 Å². The highest BCUT2D eigenvalue weighted by Gasteiger charge is 2.20. The molecule has 0 bridgehead atoms. The quantitative estimate of drug-likeness (QED) is 0.729. The van der Waals surface area contributed by atoms with E-state index in [1.54, 1.807) is 12.1 Å². The maximum Gasteiger partial charge on any atom is 0.123 e. The van der Waals surface area contributed by atoms with E-state index in [9.17, 15) is 4.39 Å². The predicted molar refractivity (Wildman–Crippen MR) is 67.9 cm³/mol. The van der Waals surface area contributed by atoms with E-state index in [-0.39, 0.29) is 5.82 Å². The molecule has 0 aromatic heterocycles. The number of ether oxygens (including phenoxy) is 1. The van der Waals surface area contributed by atoms with Crippen molar-refractivity contribution in [3.05, 3.63) is 35.6 Å². The Morgan fingerprint density at radius 1 is 1.47 bits per heavy atom. The molecule has 1 nitrogen and oxygen atoms in total. The van der Waals surface area contributed by atoms with Crippen molar-refractivity contribution < 1.29 is 9.13 Å². The molecule has 0 amide bonds. The molecule has 0 spiro atoms. The van der Waals surface area contributed by atoms with Crippen LogP contribution in [-0.4, -0.2) is 18.6 Å². The maximum atomic E-state index is 13.1. The zero-order valence-electron chi connectivity index (χ0n) is 9.87. The SMILES string of the molecule is Fc1cccc(CC(CCl)CC2CCCO2)c1. The summed E-state index contributed by atoms with van der Waals surface area (Å²) in [6.07, 6.45) is 4.46. The average molecular weight is 257 g/mol. The second kappa shape index (κ2) is 6.36. The third-order valence-electron chi connectivity index (χ3n) is 3.25. The Kier molecular flexibility index (Phi) is 4.81. The van der Waals surface area contributed by atoms with Gasteiger partial charge in [-0.15, -0.1) is 11.6 Å². The molecule has 1 saturated heterocycles. The Balaban J connectivity index is 1.90. The molecule has 0 N–H and O–H groups in total. The van der Waals surface area contributed by atoms with E-state index in [0.717, 1.165) is 37.9 Å². The highest BCUT2D eigenvalue weighted by Crippen LogP contribution is 2.23. The molecule has 2 unspecified atom stereocenters. The summed E-state index contributed by atoms with van der Waals surface area (Å²) < 4.78 is 18.7. The second-order valence-electron chi connectivity index (χ2n) is 4.73. The average Bonchev–Trinajstić information content (AvgIpc) is 2.81. The molecule has 94 valence electrons. The third-order valence-corrected chi connectivity index (χ3v) is 3.69. The summed E-state index contributed by atoms with van der Waals surface area (Å²) in [4.78, 5) is 0. The predicted octanol–water partition coefficient (Wildman–Crippen LogP) is 3.79. The van der Waals surface area contributed by atoms with E-state index in [2.05, 4.69) is 0 Å². The number of hydrogen-bond donors (Lipinski definition) is 0. The van der Waals surface area contributed by atoms with Gasteiger partial charge >= 0.3 is 0 Å². The van der Waals surface area contributed by atoms with Crippen molar-refractivity contribution in [3.63, 3.8) is 0 Å². The van der Waals surface area contributed by atoms with Crippen molar-refractivity contribution in [2.24, 2.45) is 5.92 Å². The zero-order valence-corrected chi connectivity index (χ0v) is 10.6. The van der Waals surface area contributed by atoms with Crippen LogP contribution in [0.25, 0.3) is 0 Å². The van der Waals surface area contributed by atoms with Crippen LogP contribution < -0.4 is 0 Å². The standard InChI is InChI=1S/C14H18ClFO/c15-10-12(9-14-5-2-6-17-14)7-11-3-1-4-13(16)8-11/h1,3-4,8,12,14H,2,5-7,9-10H2. The van der Waals surface area contributed by atoms with Gasteiger partial charge in [0.25, 0.3) is 0 Å². The Morgan fingerprint density at radius 3 is 3.00 bits per heavy atom. The van der Waals surface area contributed by atoms with Crippen LogP contribution in [0.1, 0.15) is 24.8 Å². The monoisotopic (exact) mass is 256 g/mol. The number of halogens is 2. The Morgan fingerprint density at radius 2 is 2.35 bits per heavy atom. The van der Waals surface area contributed by atoms with E-state index in [0.29, 0.717) is 17.9 Å². The molecular formula is C14H18ClFO. The van der Waals surface area contributed by atoms with Crippen molar-refractivity contribution in [1.82, 2.24) is 0 Å². The molecule has 1 fully saturated rings. The molecule has 1 aromatic rings. The molecule has 17 heavy (non-hydrogen) atoms. The lowest BCUT2D eigenvalue weighted by Crippen LogP contribution is -2.16. The molecule has 1 aliphatic rings. The fraction of sp³-hybridized carbons (Fsp3) is 0.571. The summed E-state index contributed by atoms with van der Waals surface area (Å²) in [5.41, 5.74) is 1.02. The van der Waals surface area contributed by atoms with Gasteiger partial charge < -0.3 is 4.74 Å². The molecular weight excluding hydrogens is 239 g/mol. The molecule has 0 radical (unpaired) electrons. The van der Waals surface area contributed by atoms with E-state index in [1.165, 1.54) is 6.07 Å². The van der Waals surface area contributed by atoms with Crippen LogP contribution in [0.2, 0.25) is 0 Å². The lowest BCUT2D eigenvalue weighted by Gasteiger charge is -2.18. The normalized spacial score (nSPS) is 21.6. The van der Waals surface area contributed by atoms with E-state index in [1.807, 2.05) is 6.07 Å². The Labute approximate surface area is 107 Å². The van der Waals surface area contributed by atoms with Crippen molar-refractivity contribution in [1.29, 1.82) is 0 Å². The van der Waals surface area contributed by atoms with Crippen LogP contribution in [0.5, 0.6) is 0 Å². The first kappa shape index (κ1) is 12.8. The van der Waals surface area contributed by atoms with Gasteiger partial charge in [0.05, 0.1) is 6.10 Å². The summed E-state index contributed by atoms with van der Waals surface area (Å²) in [5, 5.41) is 0. The van der Waals surface area contributed by atoms with Crippen LogP contribution in [0.4, 0.5) is 4.39 Å². The Hall–Kier alpha value is -0.600. The highest BCUT2D eigenvalue weighted by atomic mass is 35.5. The maximum absolute atomic E-state index is 13.1. The van der Waals surface area contributed by atoms with Gasteiger partial charge in [-0.3, -0.25) is 0 Å². The molecule has 1 heterocycles. The lowest BCUT2D eigenvalue weighted by atomic mass is 9.94. The fourth-order valence-electron chi connectivity index (χ4n) is 2.40. The van der Waals surface area contributed by atoms with Gasteiger partial charge in [0.1, 0.15) is 5.82 Å². The van der Waals surface area contributed by atoms with Gasteiger partial charge in [0.2, 0.25) is 0 Å². The van der Waals surface area contributed by atoms with Gasteiger partial charge in [0, 0.05) is 12.5 Å². The lowest BCUT2D eigenvalue weighted by molar-refractivity contribution is 0.0922. The topological polar surface area (TPSA) is 9.23 Å². The van der Waals surface area contributed by atoms with Crippen molar-refractivity contribution >= 4 is 11.6 Å². The van der Waals surface area contributed by atoms with Gasteiger partial charge in [-0.25, -0.2) is 4.39 Å². The van der Waals surface area contributed by atoms with Crippen LogP contribution >= 0.6 is 11.6 Å². The van der Waals surface area contributed by atoms with Crippen LogP contribution in [-0.2, 0) is 11.2 Å². The number of hydrogen-bond acceptors (Lipinski definition) is 1. The van der Waals surface area contributed by atoms with E-state index >= 15 is 0 Å². The van der Waals surface area contributed by atoms with Crippen LogP contribution in [0, 0.1) is 11.7 Å². The third kappa shape index (κ3) is 3.97. The van der Waals surface area contributed by atoms with Crippen molar-refractivity contribution in [2.75, 3.05) is 12.5 Å². The minimum absolute atomic E-state index is 0.173. The number of benzene rings is 1. The number of rotatable bonds is 5. The first-order valence-corrected chi connectivity index (χ1v) is 6.73. The van der Waals surface area contributed by atoms with Crippen molar-refractivity contribution in [3.8, 4) is 0 Å². The summed E-state index contributed by atoms with van der Waals surface area (Å²) in [5.74, 6) is 0.811. The minimum atomic E-state index is -0.173. The van der Waals surface area contributed by atoms with Crippen LogP contribution in [0.15, 0.2) is 24.3 Å². The minimum Gasteiger partial charge on any atom is -0.378 e. The fourth-order valence-corrected chi connectivity index (χ4v) is 2.64. The van der Waals surface area contributed by atoms with Crippen LogP contribution in [0.3, 0.4) is 0 Å². The van der Waals surface area contributed by atoms with Gasteiger partial charge in [-0.05, 0) is 49.3 Å². The molecule has 2 atom stereocenters. The first-order chi connectivity index (χ1) is 8.28. The summed E-state index contributed by atoms with van der Waals surface area (Å²) >= 11 is 5.99. The molecule has 1 aliphatic heterocycles. The molecule has 3 heteroatoms.